The number of nitrogens with zero attached hydrogens (tertiary/aromatic N) is 4. The van der Waals surface area contributed by atoms with Crippen LogP contribution in [0.3, 0.4) is 0 Å². The van der Waals surface area contributed by atoms with Crippen molar-refractivity contribution in [2.24, 2.45) is 0 Å². The highest BCUT2D eigenvalue weighted by Gasteiger charge is 2.32. The fourth-order valence-corrected chi connectivity index (χ4v) is 2.88. The Morgan fingerprint density at radius 1 is 1.43 bits per heavy atom. The molecule has 21 heavy (non-hydrogen) atoms. The molecule has 0 aliphatic carbocycles. The maximum absolute atomic E-state index is 6.09. The minimum Gasteiger partial charge on any atom is -0.398 e. The second-order valence-electron chi connectivity index (χ2n) is 5.94. The summed E-state index contributed by atoms with van der Waals surface area (Å²) >= 11 is 6.09. The summed E-state index contributed by atoms with van der Waals surface area (Å²) in [4.78, 5) is 0. The third-order valence-electron chi connectivity index (χ3n) is 3.77. The number of benzene rings is 1. The lowest BCUT2D eigenvalue weighted by atomic mass is 9.94. The standard InChI is InChI=1S/C14H18ClN5O/c1-14(2)8-10(5-6-21-14)20-13(17-18-19-20)9-3-4-12(16)11(15)7-9/h3-4,7,10H,5-6,8,16H2,1-2H3. The SMILES string of the molecule is CC1(C)CC(n2nnnc2-c2ccc(N)c(Cl)c2)CCO1. The van der Waals surface area contributed by atoms with Crippen molar-refractivity contribution in [1.82, 2.24) is 20.2 Å². The van der Waals surface area contributed by atoms with Crippen LogP contribution in [0.1, 0.15) is 32.7 Å². The fraction of sp³-hybridized carbons (Fsp3) is 0.500. The molecule has 1 unspecified atom stereocenters. The van der Waals surface area contributed by atoms with Gasteiger partial charge in [0.05, 0.1) is 22.4 Å². The van der Waals surface area contributed by atoms with Gasteiger partial charge in [0.15, 0.2) is 5.82 Å². The molecule has 2 heterocycles. The number of hydrogen-bond donors (Lipinski definition) is 1. The zero-order valence-corrected chi connectivity index (χ0v) is 12.8. The van der Waals surface area contributed by atoms with E-state index in [0.29, 0.717) is 23.1 Å². The average Bonchev–Trinajstić information content (AvgIpc) is 2.90. The third-order valence-corrected chi connectivity index (χ3v) is 4.10. The second kappa shape index (κ2) is 5.27. The lowest BCUT2D eigenvalue weighted by molar-refractivity contribution is -0.0707. The molecule has 1 aromatic carbocycles. The molecule has 1 fully saturated rings. The van der Waals surface area contributed by atoms with E-state index in [1.54, 1.807) is 12.1 Å². The second-order valence-corrected chi connectivity index (χ2v) is 6.35. The van der Waals surface area contributed by atoms with E-state index < -0.39 is 0 Å². The van der Waals surface area contributed by atoms with Gasteiger partial charge in [-0.25, -0.2) is 4.68 Å². The first-order chi connectivity index (χ1) is 9.96. The van der Waals surface area contributed by atoms with Crippen LogP contribution < -0.4 is 5.73 Å². The van der Waals surface area contributed by atoms with Crippen LogP contribution in [0.5, 0.6) is 0 Å². The molecule has 1 aromatic heterocycles. The summed E-state index contributed by atoms with van der Waals surface area (Å²) in [7, 11) is 0. The van der Waals surface area contributed by atoms with Crippen LogP contribution in [0.15, 0.2) is 18.2 Å². The number of hydrogen-bond acceptors (Lipinski definition) is 5. The summed E-state index contributed by atoms with van der Waals surface area (Å²) in [5, 5.41) is 12.6. The van der Waals surface area contributed by atoms with Gasteiger partial charge in [-0.1, -0.05) is 11.6 Å². The summed E-state index contributed by atoms with van der Waals surface area (Å²) < 4.78 is 7.62. The predicted molar refractivity (Wildman–Crippen MR) is 81.0 cm³/mol. The quantitative estimate of drug-likeness (QED) is 0.863. The molecule has 0 bridgehead atoms. The molecule has 1 saturated heterocycles. The molecule has 0 radical (unpaired) electrons. The van der Waals surface area contributed by atoms with Gasteiger partial charge in [0.25, 0.3) is 0 Å². The van der Waals surface area contributed by atoms with Crippen molar-refractivity contribution >= 4 is 17.3 Å². The summed E-state index contributed by atoms with van der Waals surface area (Å²) in [5.74, 6) is 0.708. The van der Waals surface area contributed by atoms with Crippen molar-refractivity contribution in [2.45, 2.75) is 38.3 Å². The Labute approximate surface area is 128 Å². The van der Waals surface area contributed by atoms with E-state index >= 15 is 0 Å². The molecule has 1 atom stereocenters. The molecular formula is C14H18ClN5O. The number of nitrogens with two attached hydrogens (primary N) is 1. The Morgan fingerprint density at radius 2 is 2.24 bits per heavy atom. The zero-order valence-electron chi connectivity index (χ0n) is 12.1. The smallest absolute Gasteiger partial charge is 0.182 e. The fourth-order valence-electron chi connectivity index (χ4n) is 2.70. The number of halogens is 1. The van der Waals surface area contributed by atoms with Gasteiger partial charge in [0, 0.05) is 12.2 Å². The zero-order chi connectivity index (χ0) is 15.0. The largest absolute Gasteiger partial charge is 0.398 e. The first-order valence-corrected chi connectivity index (χ1v) is 7.31. The van der Waals surface area contributed by atoms with E-state index in [1.807, 2.05) is 10.7 Å². The third kappa shape index (κ3) is 2.87. The van der Waals surface area contributed by atoms with Gasteiger partial charge in [0.2, 0.25) is 0 Å². The molecule has 0 spiro atoms. The van der Waals surface area contributed by atoms with Crippen molar-refractivity contribution in [2.75, 3.05) is 12.3 Å². The maximum Gasteiger partial charge on any atom is 0.182 e. The van der Waals surface area contributed by atoms with E-state index in [-0.39, 0.29) is 11.6 Å². The molecule has 6 nitrogen and oxygen atoms in total. The van der Waals surface area contributed by atoms with E-state index in [4.69, 9.17) is 22.1 Å². The van der Waals surface area contributed by atoms with Gasteiger partial charge >= 0.3 is 0 Å². The Morgan fingerprint density at radius 3 is 2.95 bits per heavy atom. The van der Waals surface area contributed by atoms with Gasteiger partial charge in [-0.15, -0.1) is 5.10 Å². The highest BCUT2D eigenvalue weighted by molar-refractivity contribution is 6.33. The van der Waals surface area contributed by atoms with E-state index in [2.05, 4.69) is 29.4 Å². The van der Waals surface area contributed by atoms with Gasteiger partial charge in [-0.3, -0.25) is 0 Å². The molecule has 1 aliphatic heterocycles. The maximum atomic E-state index is 6.09. The Balaban J connectivity index is 1.95. The van der Waals surface area contributed by atoms with Crippen molar-refractivity contribution in [3.8, 4) is 11.4 Å². The van der Waals surface area contributed by atoms with Crippen molar-refractivity contribution in [3.63, 3.8) is 0 Å². The Bertz CT molecular complexity index is 655. The topological polar surface area (TPSA) is 78.9 Å². The van der Waals surface area contributed by atoms with Crippen molar-refractivity contribution in [3.05, 3.63) is 23.2 Å². The van der Waals surface area contributed by atoms with Crippen LogP contribution in [-0.2, 0) is 4.74 Å². The number of nitrogen functional groups attached to an aromatic ring is 1. The first-order valence-electron chi connectivity index (χ1n) is 6.93. The van der Waals surface area contributed by atoms with E-state index in [9.17, 15) is 0 Å². The van der Waals surface area contributed by atoms with Crippen LogP contribution in [-0.4, -0.2) is 32.4 Å². The Hall–Kier alpha value is -1.66. The number of rotatable bonds is 2. The normalized spacial score (nSPS) is 21.4. The summed E-state index contributed by atoms with van der Waals surface area (Å²) in [6.07, 6.45) is 1.76. The van der Waals surface area contributed by atoms with Gasteiger partial charge in [-0.2, -0.15) is 0 Å². The van der Waals surface area contributed by atoms with Crippen LogP contribution in [0, 0.1) is 0 Å². The highest BCUT2D eigenvalue weighted by Crippen LogP contribution is 2.34. The number of aromatic nitrogens is 4. The minimum atomic E-state index is -0.162. The molecule has 3 rings (SSSR count). The Kier molecular flexibility index (Phi) is 3.59. The van der Waals surface area contributed by atoms with Crippen LogP contribution >= 0.6 is 11.6 Å². The molecule has 2 N–H and O–H groups in total. The molecule has 7 heteroatoms. The lowest BCUT2D eigenvalue weighted by Crippen LogP contribution is -2.35. The number of tetrazole rings is 1. The summed E-state index contributed by atoms with van der Waals surface area (Å²) in [6, 6.07) is 5.66. The predicted octanol–water partition coefficient (Wildman–Crippen LogP) is 2.71. The lowest BCUT2D eigenvalue weighted by Gasteiger charge is -2.35. The molecular weight excluding hydrogens is 290 g/mol. The van der Waals surface area contributed by atoms with Crippen LogP contribution in [0.2, 0.25) is 5.02 Å². The summed E-state index contributed by atoms with van der Waals surface area (Å²) in [6.45, 7) is 4.88. The number of anilines is 1. The van der Waals surface area contributed by atoms with Crippen LogP contribution in [0.4, 0.5) is 5.69 Å². The summed E-state index contributed by atoms with van der Waals surface area (Å²) in [5.41, 5.74) is 7.00. The van der Waals surface area contributed by atoms with E-state index in [0.717, 1.165) is 18.4 Å². The first kappa shape index (κ1) is 14.3. The number of ether oxygens (including phenoxy) is 1. The highest BCUT2D eigenvalue weighted by atomic mass is 35.5. The molecule has 112 valence electrons. The molecule has 2 aromatic rings. The van der Waals surface area contributed by atoms with Crippen molar-refractivity contribution in [1.29, 1.82) is 0 Å². The van der Waals surface area contributed by atoms with Gasteiger partial charge in [0.1, 0.15) is 0 Å². The van der Waals surface area contributed by atoms with E-state index in [1.165, 1.54) is 0 Å². The monoisotopic (exact) mass is 307 g/mol. The average molecular weight is 308 g/mol. The van der Waals surface area contributed by atoms with Gasteiger partial charge < -0.3 is 10.5 Å². The molecule has 0 saturated carbocycles. The van der Waals surface area contributed by atoms with Gasteiger partial charge in [-0.05, 0) is 55.3 Å². The molecule has 1 aliphatic rings. The molecule has 0 amide bonds. The van der Waals surface area contributed by atoms with Crippen LogP contribution in [0.25, 0.3) is 11.4 Å². The minimum absolute atomic E-state index is 0.162. The van der Waals surface area contributed by atoms with Crippen molar-refractivity contribution < 1.29 is 4.74 Å².